The van der Waals surface area contributed by atoms with Crippen LogP contribution in [0.4, 0.5) is 0 Å². The molecule has 1 atom stereocenters. The van der Waals surface area contributed by atoms with Gasteiger partial charge in [-0.05, 0) is 18.8 Å². The van der Waals surface area contributed by atoms with Gasteiger partial charge >= 0.3 is 5.97 Å². The quantitative estimate of drug-likeness (QED) is 0.656. The number of rotatable bonds is 4. The Kier molecular flexibility index (Phi) is 4.62. The first-order valence-electron chi connectivity index (χ1n) is 6.94. The number of carboxylic acids is 1. The van der Waals surface area contributed by atoms with Crippen molar-refractivity contribution in [1.82, 2.24) is 10.3 Å². The van der Waals surface area contributed by atoms with Gasteiger partial charge in [-0.25, -0.2) is 4.79 Å². The van der Waals surface area contributed by atoms with Crippen molar-refractivity contribution in [3.8, 4) is 5.88 Å². The molecule has 21 heavy (non-hydrogen) atoms. The van der Waals surface area contributed by atoms with E-state index in [-0.39, 0.29) is 11.5 Å². The van der Waals surface area contributed by atoms with Crippen molar-refractivity contribution in [2.75, 3.05) is 0 Å². The van der Waals surface area contributed by atoms with Gasteiger partial charge in [-0.1, -0.05) is 19.3 Å². The summed E-state index contributed by atoms with van der Waals surface area (Å²) in [6.45, 7) is 0. The highest BCUT2D eigenvalue weighted by atomic mass is 16.4. The minimum Gasteiger partial charge on any atom is -0.494 e. The Balaban J connectivity index is 2.14. The molecule has 0 bridgehead atoms. The number of nitrogens with one attached hydrogen (secondary N) is 2. The predicted octanol–water partition coefficient (Wildman–Crippen LogP) is 0.844. The largest absolute Gasteiger partial charge is 0.494 e. The molecule has 1 aromatic rings. The standard InChI is InChI=1S/C14H18N2O5/c17-10-6-9(7-11(18)15-10)13(19)16-12(14(20)21)8-4-2-1-3-5-8/h6-8,12H,1-5H2,(H,16,19)(H,20,21)(H2,15,17,18). The van der Waals surface area contributed by atoms with Crippen molar-refractivity contribution in [3.63, 3.8) is 0 Å². The number of aromatic nitrogens is 1. The minimum atomic E-state index is -1.08. The second-order valence-electron chi connectivity index (χ2n) is 5.31. The van der Waals surface area contributed by atoms with Crippen molar-refractivity contribution in [3.05, 3.63) is 28.0 Å². The molecule has 1 fully saturated rings. The number of carbonyl (C=O) groups is 2. The van der Waals surface area contributed by atoms with E-state index >= 15 is 0 Å². The van der Waals surface area contributed by atoms with Crippen molar-refractivity contribution < 1.29 is 19.8 Å². The van der Waals surface area contributed by atoms with Crippen LogP contribution in [-0.4, -0.2) is 33.1 Å². The average Bonchev–Trinajstić information content (AvgIpc) is 2.44. The third-order valence-electron chi connectivity index (χ3n) is 3.77. The zero-order valence-electron chi connectivity index (χ0n) is 11.5. The summed E-state index contributed by atoms with van der Waals surface area (Å²) in [5, 5.41) is 21.0. The normalized spacial score (nSPS) is 17.1. The zero-order valence-corrected chi connectivity index (χ0v) is 11.5. The number of pyridine rings is 1. The Bertz CT molecular complexity index is 589. The van der Waals surface area contributed by atoms with Crippen LogP contribution in [0.3, 0.4) is 0 Å². The number of aromatic amines is 1. The first-order chi connectivity index (χ1) is 9.97. The van der Waals surface area contributed by atoms with Crippen LogP contribution in [0.25, 0.3) is 0 Å². The van der Waals surface area contributed by atoms with Crippen LogP contribution in [0.5, 0.6) is 5.88 Å². The summed E-state index contributed by atoms with van der Waals surface area (Å²) in [4.78, 5) is 36.8. The number of carboxylic acid groups (broad SMARTS) is 1. The molecule has 0 saturated heterocycles. The van der Waals surface area contributed by atoms with Crippen molar-refractivity contribution >= 4 is 11.9 Å². The summed E-state index contributed by atoms with van der Waals surface area (Å²) in [5.41, 5.74) is -0.678. The van der Waals surface area contributed by atoms with Crippen molar-refractivity contribution in [2.24, 2.45) is 5.92 Å². The maximum absolute atomic E-state index is 12.1. The first kappa shape index (κ1) is 15.1. The highest BCUT2D eigenvalue weighted by Gasteiger charge is 2.31. The van der Waals surface area contributed by atoms with E-state index in [4.69, 9.17) is 0 Å². The molecule has 7 heteroatoms. The molecule has 2 rings (SSSR count). The van der Waals surface area contributed by atoms with E-state index in [0.29, 0.717) is 0 Å². The van der Waals surface area contributed by atoms with Gasteiger partial charge in [0, 0.05) is 12.1 Å². The summed E-state index contributed by atoms with van der Waals surface area (Å²) in [6.07, 6.45) is 4.51. The number of H-pyrrole nitrogens is 1. The zero-order chi connectivity index (χ0) is 15.4. The van der Waals surface area contributed by atoms with Crippen LogP contribution < -0.4 is 10.9 Å². The summed E-state index contributed by atoms with van der Waals surface area (Å²) >= 11 is 0. The Morgan fingerprint density at radius 1 is 1.24 bits per heavy atom. The lowest BCUT2D eigenvalue weighted by molar-refractivity contribution is -0.141. The SMILES string of the molecule is O=C(NC(C(=O)O)C1CCCCC1)c1cc(O)[nH]c(=O)c1. The molecule has 1 aliphatic carbocycles. The summed E-state index contributed by atoms with van der Waals surface area (Å²) in [6, 6.07) is 1.14. The molecule has 114 valence electrons. The molecule has 1 aromatic heterocycles. The lowest BCUT2D eigenvalue weighted by Gasteiger charge is -2.28. The average molecular weight is 294 g/mol. The molecule has 1 heterocycles. The fraction of sp³-hybridized carbons (Fsp3) is 0.500. The van der Waals surface area contributed by atoms with Crippen LogP contribution in [0, 0.1) is 5.92 Å². The molecule has 0 aliphatic heterocycles. The van der Waals surface area contributed by atoms with Crippen LogP contribution >= 0.6 is 0 Å². The Hall–Kier alpha value is -2.31. The topological polar surface area (TPSA) is 119 Å². The monoisotopic (exact) mass is 294 g/mol. The van der Waals surface area contributed by atoms with Crippen LogP contribution in [0.15, 0.2) is 16.9 Å². The number of carbonyl (C=O) groups excluding carboxylic acids is 1. The van der Waals surface area contributed by atoms with E-state index in [1.54, 1.807) is 0 Å². The van der Waals surface area contributed by atoms with E-state index < -0.39 is 29.4 Å². The second kappa shape index (κ2) is 6.43. The van der Waals surface area contributed by atoms with Gasteiger partial charge in [-0.2, -0.15) is 0 Å². The molecule has 1 saturated carbocycles. The van der Waals surface area contributed by atoms with Crippen molar-refractivity contribution in [2.45, 2.75) is 38.1 Å². The molecule has 0 radical (unpaired) electrons. The molecule has 1 aliphatic rings. The molecule has 0 spiro atoms. The van der Waals surface area contributed by atoms with Gasteiger partial charge in [0.2, 0.25) is 0 Å². The minimum absolute atomic E-state index is 0.0571. The van der Waals surface area contributed by atoms with Crippen LogP contribution in [0.2, 0.25) is 0 Å². The van der Waals surface area contributed by atoms with E-state index in [2.05, 4.69) is 10.3 Å². The molecule has 1 amide bonds. The number of amides is 1. The van der Waals surface area contributed by atoms with E-state index in [1.807, 2.05) is 0 Å². The lowest BCUT2D eigenvalue weighted by atomic mass is 9.84. The highest BCUT2D eigenvalue weighted by Crippen LogP contribution is 2.26. The highest BCUT2D eigenvalue weighted by molar-refractivity contribution is 5.96. The van der Waals surface area contributed by atoms with E-state index in [9.17, 15) is 24.6 Å². The van der Waals surface area contributed by atoms with Crippen LogP contribution in [0.1, 0.15) is 42.5 Å². The third-order valence-corrected chi connectivity index (χ3v) is 3.77. The third kappa shape index (κ3) is 3.84. The van der Waals surface area contributed by atoms with Gasteiger partial charge in [0.1, 0.15) is 6.04 Å². The van der Waals surface area contributed by atoms with Crippen molar-refractivity contribution in [1.29, 1.82) is 0 Å². The smallest absolute Gasteiger partial charge is 0.326 e. The first-order valence-corrected chi connectivity index (χ1v) is 6.94. The maximum atomic E-state index is 12.1. The lowest BCUT2D eigenvalue weighted by Crippen LogP contribution is -2.46. The Labute approximate surface area is 121 Å². The fourth-order valence-corrected chi connectivity index (χ4v) is 2.73. The van der Waals surface area contributed by atoms with Gasteiger partial charge in [0.25, 0.3) is 11.5 Å². The Morgan fingerprint density at radius 2 is 1.90 bits per heavy atom. The molecular formula is C14H18N2O5. The summed E-state index contributed by atoms with van der Waals surface area (Å²) in [5.74, 6) is -2.29. The number of hydrogen-bond acceptors (Lipinski definition) is 4. The van der Waals surface area contributed by atoms with Gasteiger partial charge in [-0.3, -0.25) is 14.6 Å². The summed E-state index contributed by atoms with van der Waals surface area (Å²) in [7, 11) is 0. The second-order valence-corrected chi connectivity index (χ2v) is 5.31. The fourth-order valence-electron chi connectivity index (χ4n) is 2.73. The van der Waals surface area contributed by atoms with E-state index in [0.717, 1.165) is 44.2 Å². The number of hydrogen-bond donors (Lipinski definition) is 4. The van der Waals surface area contributed by atoms with Gasteiger partial charge in [0.15, 0.2) is 5.88 Å². The molecule has 4 N–H and O–H groups in total. The molecule has 7 nitrogen and oxygen atoms in total. The maximum Gasteiger partial charge on any atom is 0.326 e. The van der Waals surface area contributed by atoms with Gasteiger partial charge in [-0.15, -0.1) is 0 Å². The molecule has 0 aromatic carbocycles. The number of aliphatic carboxylic acids is 1. The Morgan fingerprint density at radius 3 is 2.48 bits per heavy atom. The predicted molar refractivity (Wildman–Crippen MR) is 74.2 cm³/mol. The number of aromatic hydroxyl groups is 1. The van der Waals surface area contributed by atoms with Gasteiger partial charge < -0.3 is 15.5 Å². The molecular weight excluding hydrogens is 276 g/mol. The summed E-state index contributed by atoms with van der Waals surface area (Å²) < 4.78 is 0. The van der Waals surface area contributed by atoms with Crippen LogP contribution in [-0.2, 0) is 4.79 Å². The van der Waals surface area contributed by atoms with E-state index in [1.165, 1.54) is 0 Å². The van der Waals surface area contributed by atoms with Gasteiger partial charge in [0.05, 0.1) is 5.56 Å². The molecule has 1 unspecified atom stereocenters.